The number of aliphatic carboxylic acids is 1. The largest absolute Gasteiger partial charge is 0.872 e. The van der Waals surface area contributed by atoms with Crippen LogP contribution in [0.5, 0.6) is 5.75 Å². The van der Waals surface area contributed by atoms with E-state index in [1.165, 1.54) is 18.2 Å². The molecule has 21 heavy (non-hydrogen) atoms. The number of unbranched alkanes of at least 4 members (excludes halogenated alkanes) is 4. The van der Waals surface area contributed by atoms with Crippen molar-refractivity contribution in [2.75, 3.05) is 6.54 Å². The fraction of sp³-hybridized carbons (Fsp3) is 0.467. The molecule has 0 radical (unpaired) electrons. The second kappa shape index (κ2) is 9.23. The third-order valence-electron chi connectivity index (χ3n) is 3.03. The predicted molar refractivity (Wildman–Crippen MR) is 75.9 cm³/mol. The second-order valence-electron chi connectivity index (χ2n) is 4.79. The quantitative estimate of drug-likeness (QED) is 0.694. The van der Waals surface area contributed by atoms with Crippen LogP contribution in [-0.2, 0) is 4.79 Å². The molecular formula is C15H18ClNO4-2. The zero-order valence-electron chi connectivity index (χ0n) is 11.7. The molecule has 0 unspecified atom stereocenters. The van der Waals surface area contributed by atoms with Gasteiger partial charge in [0.15, 0.2) is 0 Å². The third-order valence-corrected chi connectivity index (χ3v) is 3.26. The first-order valence-corrected chi connectivity index (χ1v) is 7.33. The molecule has 0 aliphatic carbocycles. The Morgan fingerprint density at radius 1 is 1.10 bits per heavy atom. The summed E-state index contributed by atoms with van der Waals surface area (Å²) in [5.74, 6) is -1.78. The monoisotopic (exact) mass is 311 g/mol. The second-order valence-corrected chi connectivity index (χ2v) is 5.22. The average molecular weight is 312 g/mol. The lowest BCUT2D eigenvalue weighted by Gasteiger charge is -2.13. The van der Waals surface area contributed by atoms with Crippen LogP contribution >= 0.6 is 11.6 Å². The maximum absolute atomic E-state index is 11.8. The summed E-state index contributed by atoms with van der Waals surface area (Å²) in [6, 6.07) is 4.08. The smallest absolute Gasteiger partial charge is 0.250 e. The number of hydrogen-bond acceptors (Lipinski definition) is 4. The summed E-state index contributed by atoms with van der Waals surface area (Å²) >= 11 is 5.75. The summed E-state index contributed by atoms with van der Waals surface area (Å²) in [5, 5.41) is 24.7. The molecule has 0 heterocycles. The van der Waals surface area contributed by atoms with Crippen molar-refractivity contribution in [3.8, 4) is 5.75 Å². The number of benzene rings is 1. The van der Waals surface area contributed by atoms with Crippen molar-refractivity contribution in [3.05, 3.63) is 28.8 Å². The Morgan fingerprint density at radius 2 is 1.76 bits per heavy atom. The first-order valence-electron chi connectivity index (χ1n) is 6.95. The zero-order valence-corrected chi connectivity index (χ0v) is 12.4. The molecule has 1 aromatic rings. The van der Waals surface area contributed by atoms with Crippen molar-refractivity contribution in [3.63, 3.8) is 0 Å². The van der Waals surface area contributed by atoms with Gasteiger partial charge in [-0.1, -0.05) is 42.7 Å². The van der Waals surface area contributed by atoms with Crippen molar-refractivity contribution < 1.29 is 19.8 Å². The van der Waals surface area contributed by atoms with E-state index in [4.69, 9.17) is 11.6 Å². The highest BCUT2D eigenvalue weighted by atomic mass is 35.5. The van der Waals surface area contributed by atoms with Gasteiger partial charge < -0.3 is 20.3 Å². The average Bonchev–Trinajstić information content (AvgIpc) is 2.43. The summed E-state index contributed by atoms with van der Waals surface area (Å²) < 4.78 is 0. The minimum Gasteiger partial charge on any atom is -0.872 e. The highest BCUT2D eigenvalue weighted by Crippen LogP contribution is 2.18. The van der Waals surface area contributed by atoms with E-state index < -0.39 is 11.9 Å². The Morgan fingerprint density at radius 3 is 2.48 bits per heavy atom. The molecule has 5 nitrogen and oxygen atoms in total. The minimum absolute atomic E-state index is 0.0523. The third kappa shape index (κ3) is 6.99. The molecule has 0 atom stereocenters. The predicted octanol–water partition coefficient (Wildman–Crippen LogP) is 1.23. The van der Waals surface area contributed by atoms with E-state index in [1.807, 2.05) is 0 Å². The highest BCUT2D eigenvalue weighted by molar-refractivity contribution is 6.31. The molecule has 1 aromatic carbocycles. The summed E-state index contributed by atoms with van der Waals surface area (Å²) in [7, 11) is 0. The first kappa shape index (κ1) is 17.3. The normalized spacial score (nSPS) is 10.3. The molecule has 1 N–H and O–H groups in total. The van der Waals surface area contributed by atoms with E-state index in [9.17, 15) is 19.8 Å². The number of carboxylic acid groups (broad SMARTS) is 1. The van der Waals surface area contributed by atoms with Crippen LogP contribution in [0.4, 0.5) is 0 Å². The number of nitrogens with one attached hydrogen (secondary N) is 1. The minimum atomic E-state index is -1.02. The molecule has 116 valence electrons. The summed E-state index contributed by atoms with van der Waals surface area (Å²) in [4.78, 5) is 22.0. The first-order chi connectivity index (χ1) is 10.0. The van der Waals surface area contributed by atoms with E-state index in [-0.39, 0.29) is 17.7 Å². The van der Waals surface area contributed by atoms with Crippen LogP contribution in [0.25, 0.3) is 0 Å². The van der Waals surface area contributed by atoms with Crippen molar-refractivity contribution in [1.29, 1.82) is 0 Å². The van der Waals surface area contributed by atoms with Crippen molar-refractivity contribution in [2.45, 2.75) is 38.5 Å². The van der Waals surface area contributed by atoms with Gasteiger partial charge in [-0.2, -0.15) is 0 Å². The lowest BCUT2D eigenvalue weighted by atomic mass is 10.1. The van der Waals surface area contributed by atoms with Crippen LogP contribution in [-0.4, -0.2) is 18.4 Å². The number of halogens is 1. The van der Waals surface area contributed by atoms with Crippen LogP contribution in [0.2, 0.25) is 5.02 Å². The number of carbonyl (C=O) groups is 2. The standard InChI is InChI=1S/C15H20ClNO4/c16-11-7-8-13(18)12(10-11)15(21)17-9-5-3-1-2-4-6-14(19)20/h7-8,10,18H,1-6,9H2,(H,17,21)(H,19,20)/p-2. The highest BCUT2D eigenvalue weighted by Gasteiger charge is 2.06. The van der Waals surface area contributed by atoms with Gasteiger partial charge in [-0.3, -0.25) is 4.79 Å². The molecule has 0 saturated carbocycles. The van der Waals surface area contributed by atoms with Crippen LogP contribution in [0.15, 0.2) is 18.2 Å². The van der Waals surface area contributed by atoms with Gasteiger partial charge in [-0.25, -0.2) is 0 Å². The SMILES string of the molecule is O=C([O-])CCCCCCCNC(=O)c1cc(Cl)ccc1[O-]. The lowest BCUT2D eigenvalue weighted by Crippen LogP contribution is -2.25. The van der Waals surface area contributed by atoms with Gasteiger partial charge in [0, 0.05) is 23.1 Å². The Kier molecular flexibility index (Phi) is 7.61. The van der Waals surface area contributed by atoms with Crippen LogP contribution in [0, 0.1) is 0 Å². The number of rotatable bonds is 9. The molecule has 0 aliphatic heterocycles. The van der Waals surface area contributed by atoms with E-state index in [0.717, 1.165) is 25.7 Å². The van der Waals surface area contributed by atoms with Crippen molar-refractivity contribution >= 4 is 23.5 Å². The molecule has 6 heteroatoms. The fourth-order valence-electron chi connectivity index (χ4n) is 1.90. The van der Waals surface area contributed by atoms with E-state index >= 15 is 0 Å². The summed E-state index contributed by atoms with van der Waals surface area (Å²) in [5.41, 5.74) is 0.0523. The molecule has 0 spiro atoms. The molecule has 0 fully saturated rings. The summed E-state index contributed by atoms with van der Waals surface area (Å²) in [6.07, 6.45) is 4.14. The Hall–Kier alpha value is -1.75. The Bertz CT molecular complexity index is 491. The molecule has 0 bridgehead atoms. The molecule has 1 rings (SSSR count). The fourth-order valence-corrected chi connectivity index (χ4v) is 2.07. The Labute approximate surface area is 128 Å². The number of amides is 1. The Balaban J connectivity index is 2.16. The maximum Gasteiger partial charge on any atom is 0.250 e. The molecular weight excluding hydrogens is 294 g/mol. The van der Waals surface area contributed by atoms with Gasteiger partial charge >= 0.3 is 0 Å². The number of carboxylic acids is 1. The van der Waals surface area contributed by atoms with E-state index in [0.29, 0.717) is 18.0 Å². The van der Waals surface area contributed by atoms with Gasteiger partial charge in [0.1, 0.15) is 0 Å². The van der Waals surface area contributed by atoms with Crippen molar-refractivity contribution in [2.24, 2.45) is 0 Å². The van der Waals surface area contributed by atoms with Gasteiger partial charge in [-0.05, 0) is 31.4 Å². The van der Waals surface area contributed by atoms with E-state index in [1.54, 1.807) is 0 Å². The van der Waals surface area contributed by atoms with Crippen molar-refractivity contribution in [1.82, 2.24) is 5.32 Å². The number of hydrogen-bond donors (Lipinski definition) is 1. The van der Waals surface area contributed by atoms with Crippen LogP contribution in [0.1, 0.15) is 48.9 Å². The van der Waals surface area contributed by atoms with E-state index in [2.05, 4.69) is 5.32 Å². The lowest BCUT2D eigenvalue weighted by molar-refractivity contribution is -0.305. The number of carbonyl (C=O) groups excluding carboxylic acids is 2. The molecule has 0 aromatic heterocycles. The topological polar surface area (TPSA) is 92.3 Å². The molecule has 0 aliphatic rings. The van der Waals surface area contributed by atoms with Crippen LogP contribution < -0.4 is 15.5 Å². The zero-order chi connectivity index (χ0) is 15.7. The summed E-state index contributed by atoms with van der Waals surface area (Å²) in [6.45, 7) is 0.477. The molecule has 0 saturated heterocycles. The van der Waals surface area contributed by atoms with Gasteiger partial charge in [0.25, 0.3) is 5.91 Å². The van der Waals surface area contributed by atoms with Crippen LogP contribution in [0.3, 0.4) is 0 Å². The molecule has 1 amide bonds. The van der Waals surface area contributed by atoms with Gasteiger partial charge in [-0.15, -0.1) is 0 Å². The van der Waals surface area contributed by atoms with Gasteiger partial charge in [0.2, 0.25) is 0 Å². The maximum atomic E-state index is 11.8. The van der Waals surface area contributed by atoms with Gasteiger partial charge in [0.05, 0.1) is 0 Å².